The Balaban J connectivity index is 1.54. The molecule has 1 aliphatic rings. The number of thiazole rings is 1. The topological polar surface area (TPSA) is 54.9 Å². The van der Waals surface area contributed by atoms with Gasteiger partial charge in [0.25, 0.3) is 0 Å². The third kappa shape index (κ3) is 5.30. The molecule has 2 heterocycles. The number of amides is 1. The normalized spacial score (nSPS) is 15.3. The molecule has 3 rings (SSSR count). The molecule has 0 N–H and O–H groups in total. The van der Waals surface area contributed by atoms with Crippen LogP contribution in [0.5, 0.6) is 11.5 Å². The highest BCUT2D eigenvalue weighted by Gasteiger charge is 2.20. The van der Waals surface area contributed by atoms with E-state index in [2.05, 4.69) is 15.3 Å². The molecule has 1 saturated heterocycles. The van der Waals surface area contributed by atoms with E-state index >= 15 is 0 Å². The summed E-state index contributed by atoms with van der Waals surface area (Å²) in [5.41, 5.74) is 1.99. The first-order valence-electron chi connectivity index (χ1n) is 8.91. The van der Waals surface area contributed by atoms with E-state index in [1.807, 2.05) is 30.0 Å². The summed E-state index contributed by atoms with van der Waals surface area (Å²) < 4.78 is 10.5. The van der Waals surface area contributed by atoms with E-state index in [0.717, 1.165) is 49.0 Å². The van der Waals surface area contributed by atoms with Crippen molar-refractivity contribution in [2.24, 2.45) is 0 Å². The number of aryl methyl sites for hydroxylation is 1. The highest BCUT2D eigenvalue weighted by atomic mass is 32.1. The van der Waals surface area contributed by atoms with Crippen molar-refractivity contribution in [2.75, 3.05) is 40.4 Å². The SMILES string of the molecule is COc1cc(/C=C/C(=O)N2CCN(Cc3csc(C)n3)CC2)cc(OC)c1. The smallest absolute Gasteiger partial charge is 0.246 e. The number of carbonyl (C=O) groups excluding carboxylic acids is 1. The second-order valence-electron chi connectivity index (χ2n) is 6.44. The van der Waals surface area contributed by atoms with Gasteiger partial charge in [-0.15, -0.1) is 11.3 Å². The van der Waals surface area contributed by atoms with Crippen molar-refractivity contribution in [3.05, 3.63) is 45.9 Å². The van der Waals surface area contributed by atoms with Crippen molar-refractivity contribution in [1.82, 2.24) is 14.8 Å². The van der Waals surface area contributed by atoms with Crippen LogP contribution in [0, 0.1) is 6.92 Å². The number of ether oxygens (including phenoxy) is 2. The molecule has 1 aromatic heterocycles. The number of aromatic nitrogens is 1. The molecule has 0 bridgehead atoms. The van der Waals surface area contributed by atoms with Crippen molar-refractivity contribution in [3.63, 3.8) is 0 Å². The van der Waals surface area contributed by atoms with E-state index in [9.17, 15) is 4.79 Å². The zero-order valence-corrected chi connectivity index (χ0v) is 16.8. The number of piperazine rings is 1. The lowest BCUT2D eigenvalue weighted by Gasteiger charge is -2.33. The fourth-order valence-electron chi connectivity index (χ4n) is 3.03. The first-order valence-corrected chi connectivity index (χ1v) is 9.79. The van der Waals surface area contributed by atoms with E-state index in [1.165, 1.54) is 0 Å². The minimum absolute atomic E-state index is 0.0286. The molecular weight excluding hydrogens is 362 g/mol. The zero-order valence-electron chi connectivity index (χ0n) is 16.0. The average molecular weight is 388 g/mol. The molecule has 144 valence electrons. The molecule has 1 fully saturated rings. The van der Waals surface area contributed by atoms with Gasteiger partial charge in [0.1, 0.15) is 11.5 Å². The lowest BCUT2D eigenvalue weighted by molar-refractivity contribution is -0.127. The summed E-state index contributed by atoms with van der Waals surface area (Å²) in [6, 6.07) is 5.56. The van der Waals surface area contributed by atoms with E-state index in [1.54, 1.807) is 37.7 Å². The van der Waals surface area contributed by atoms with Crippen LogP contribution in [-0.4, -0.2) is 61.1 Å². The first kappa shape index (κ1) is 19.4. The number of benzene rings is 1. The molecule has 7 heteroatoms. The third-order valence-corrected chi connectivity index (χ3v) is 5.35. The Labute approximate surface area is 164 Å². The van der Waals surface area contributed by atoms with Gasteiger partial charge in [-0.3, -0.25) is 9.69 Å². The molecule has 0 atom stereocenters. The van der Waals surface area contributed by atoms with Crippen molar-refractivity contribution < 1.29 is 14.3 Å². The number of hydrogen-bond acceptors (Lipinski definition) is 6. The van der Waals surface area contributed by atoms with E-state index in [-0.39, 0.29) is 5.91 Å². The van der Waals surface area contributed by atoms with Crippen molar-refractivity contribution in [2.45, 2.75) is 13.5 Å². The van der Waals surface area contributed by atoms with Crippen LogP contribution >= 0.6 is 11.3 Å². The Hall–Kier alpha value is -2.38. The summed E-state index contributed by atoms with van der Waals surface area (Å²) in [5, 5.41) is 3.20. The van der Waals surface area contributed by atoms with E-state index in [4.69, 9.17) is 9.47 Å². The Kier molecular flexibility index (Phi) is 6.47. The summed E-state index contributed by atoms with van der Waals surface area (Å²) in [6.07, 6.45) is 3.42. The molecule has 1 amide bonds. The highest BCUT2D eigenvalue weighted by Crippen LogP contribution is 2.23. The average Bonchev–Trinajstić information content (AvgIpc) is 3.11. The quantitative estimate of drug-likeness (QED) is 0.714. The number of rotatable bonds is 6. The molecule has 6 nitrogen and oxygen atoms in total. The third-order valence-electron chi connectivity index (χ3n) is 4.53. The van der Waals surface area contributed by atoms with Gasteiger partial charge in [-0.2, -0.15) is 0 Å². The summed E-state index contributed by atoms with van der Waals surface area (Å²) in [4.78, 5) is 21.2. The van der Waals surface area contributed by atoms with Crippen molar-refractivity contribution in [1.29, 1.82) is 0 Å². The zero-order chi connectivity index (χ0) is 19.2. The number of nitrogens with zero attached hydrogens (tertiary/aromatic N) is 3. The van der Waals surface area contributed by atoms with Gasteiger partial charge >= 0.3 is 0 Å². The lowest BCUT2D eigenvalue weighted by Crippen LogP contribution is -2.47. The molecule has 0 radical (unpaired) electrons. The van der Waals surface area contributed by atoms with Crippen LogP contribution in [0.3, 0.4) is 0 Å². The minimum atomic E-state index is 0.0286. The fourth-order valence-corrected chi connectivity index (χ4v) is 3.64. The fraction of sp³-hybridized carbons (Fsp3) is 0.400. The predicted molar refractivity (Wildman–Crippen MR) is 107 cm³/mol. The first-order chi connectivity index (χ1) is 13.1. The Morgan fingerprint density at radius 1 is 1.15 bits per heavy atom. The molecule has 0 unspecified atom stereocenters. The second kappa shape index (κ2) is 9.01. The van der Waals surface area contributed by atoms with Crippen molar-refractivity contribution >= 4 is 23.3 Å². The second-order valence-corrected chi connectivity index (χ2v) is 7.50. The van der Waals surface area contributed by atoms with Gasteiger partial charge < -0.3 is 14.4 Å². The van der Waals surface area contributed by atoms with E-state index in [0.29, 0.717) is 11.5 Å². The molecule has 1 aromatic carbocycles. The molecule has 1 aliphatic heterocycles. The molecule has 0 spiro atoms. The maximum absolute atomic E-state index is 12.5. The van der Waals surface area contributed by atoms with Crippen LogP contribution in [0.2, 0.25) is 0 Å². The van der Waals surface area contributed by atoms with Crippen LogP contribution in [0.1, 0.15) is 16.3 Å². The molecule has 2 aromatic rings. The summed E-state index contributed by atoms with van der Waals surface area (Å²) >= 11 is 1.68. The number of carbonyl (C=O) groups is 1. The maximum atomic E-state index is 12.5. The Morgan fingerprint density at radius 2 is 1.81 bits per heavy atom. The van der Waals surface area contributed by atoms with Crippen LogP contribution < -0.4 is 9.47 Å². The van der Waals surface area contributed by atoms with Gasteiger partial charge in [-0.1, -0.05) is 0 Å². The van der Waals surface area contributed by atoms with Crippen LogP contribution in [0.25, 0.3) is 6.08 Å². The lowest BCUT2D eigenvalue weighted by atomic mass is 10.2. The van der Waals surface area contributed by atoms with Gasteiger partial charge in [0.2, 0.25) is 5.91 Å². The standard InChI is InChI=1S/C20H25N3O3S/c1-15-21-17(14-27-15)13-22-6-8-23(9-7-22)20(24)5-4-16-10-18(25-2)12-19(11-16)26-3/h4-5,10-12,14H,6-9,13H2,1-3H3/b5-4+. The number of methoxy groups -OCH3 is 2. The van der Waals surface area contributed by atoms with Crippen LogP contribution in [-0.2, 0) is 11.3 Å². The number of hydrogen-bond donors (Lipinski definition) is 0. The van der Waals surface area contributed by atoms with Gasteiger partial charge in [0, 0.05) is 50.2 Å². The Morgan fingerprint density at radius 3 is 2.37 bits per heavy atom. The minimum Gasteiger partial charge on any atom is -0.497 e. The van der Waals surface area contributed by atoms with Gasteiger partial charge in [-0.05, 0) is 30.7 Å². The van der Waals surface area contributed by atoms with Crippen LogP contribution in [0.4, 0.5) is 0 Å². The summed E-state index contributed by atoms with van der Waals surface area (Å²) in [6.45, 7) is 6.06. The maximum Gasteiger partial charge on any atom is 0.246 e. The molecular formula is C20H25N3O3S. The van der Waals surface area contributed by atoms with E-state index < -0.39 is 0 Å². The Bertz CT molecular complexity index is 788. The largest absolute Gasteiger partial charge is 0.497 e. The van der Waals surface area contributed by atoms with Gasteiger partial charge in [0.05, 0.1) is 24.9 Å². The van der Waals surface area contributed by atoms with Gasteiger partial charge in [-0.25, -0.2) is 4.98 Å². The predicted octanol–water partition coefficient (Wildman–Crippen LogP) is 2.83. The molecule has 0 saturated carbocycles. The summed E-state index contributed by atoms with van der Waals surface area (Å²) in [5.74, 6) is 1.43. The van der Waals surface area contributed by atoms with Crippen LogP contribution in [0.15, 0.2) is 29.7 Å². The highest BCUT2D eigenvalue weighted by molar-refractivity contribution is 7.09. The van der Waals surface area contributed by atoms with Gasteiger partial charge in [0.15, 0.2) is 0 Å². The molecule has 0 aliphatic carbocycles. The van der Waals surface area contributed by atoms with Crippen molar-refractivity contribution in [3.8, 4) is 11.5 Å². The molecule has 27 heavy (non-hydrogen) atoms. The monoisotopic (exact) mass is 387 g/mol. The summed E-state index contributed by atoms with van der Waals surface area (Å²) in [7, 11) is 3.22.